The van der Waals surface area contributed by atoms with Gasteiger partial charge in [-0.2, -0.15) is 5.10 Å². The van der Waals surface area contributed by atoms with Gasteiger partial charge < -0.3 is 10.3 Å². The maximum Gasteiger partial charge on any atom is 0.325 e. The SMILES string of the molecule is CC(C)C1=NN(c2ccc(CN3CCS(=O)(=O)CC3)cc2)CC(NC(=O)Nc2nc3ccccc3[nH]2)=C1. The van der Waals surface area contributed by atoms with Crippen LogP contribution in [0.25, 0.3) is 11.0 Å². The Balaban J connectivity index is 1.23. The quantitative estimate of drug-likeness (QED) is 0.457. The normalized spacial score (nSPS) is 18.0. The fourth-order valence-corrected chi connectivity index (χ4v) is 5.61. The number of aromatic amines is 1. The first-order valence-corrected chi connectivity index (χ1v) is 14.2. The molecule has 1 saturated heterocycles. The zero-order valence-corrected chi connectivity index (χ0v) is 21.8. The number of anilines is 2. The molecular formula is C26H31N7O3S. The lowest BCUT2D eigenvalue weighted by Crippen LogP contribution is -2.39. The summed E-state index contributed by atoms with van der Waals surface area (Å²) < 4.78 is 23.4. The molecule has 2 amide bonds. The minimum Gasteiger partial charge on any atom is -0.324 e. The van der Waals surface area contributed by atoms with Gasteiger partial charge in [-0.3, -0.25) is 15.2 Å². The number of allylic oxidation sites excluding steroid dienone is 1. The molecule has 0 saturated carbocycles. The van der Waals surface area contributed by atoms with Crippen molar-refractivity contribution in [1.29, 1.82) is 0 Å². The van der Waals surface area contributed by atoms with Gasteiger partial charge in [-0.15, -0.1) is 0 Å². The van der Waals surface area contributed by atoms with E-state index in [2.05, 4.69) is 39.3 Å². The zero-order chi connectivity index (χ0) is 26.0. The van der Waals surface area contributed by atoms with E-state index in [9.17, 15) is 13.2 Å². The Hall–Kier alpha value is -3.70. The summed E-state index contributed by atoms with van der Waals surface area (Å²) in [6, 6.07) is 15.3. The van der Waals surface area contributed by atoms with Crippen molar-refractivity contribution in [2.24, 2.45) is 11.0 Å². The number of carbonyl (C=O) groups excluding carboxylic acids is 1. The van der Waals surface area contributed by atoms with E-state index in [1.165, 1.54) is 0 Å². The molecule has 2 aromatic carbocycles. The molecule has 0 radical (unpaired) electrons. The Bertz CT molecular complexity index is 1410. The summed E-state index contributed by atoms with van der Waals surface area (Å²) in [7, 11) is -2.89. The number of amides is 2. The van der Waals surface area contributed by atoms with Crippen LogP contribution in [0.5, 0.6) is 0 Å². The van der Waals surface area contributed by atoms with E-state index in [-0.39, 0.29) is 23.5 Å². The van der Waals surface area contributed by atoms with Gasteiger partial charge in [0.05, 0.1) is 40.5 Å². The molecule has 0 spiro atoms. The number of hydrazone groups is 1. The summed E-state index contributed by atoms with van der Waals surface area (Å²) in [5.74, 6) is 0.995. The van der Waals surface area contributed by atoms with Crippen molar-refractivity contribution < 1.29 is 13.2 Å². The monoisotopic (exact) mass is 521 g/mol. The van der Waals surface area contributed by atoms with Gasteiger partial charge in [0.25, 0.3) is 0 Å². The summed E-state index contributed by atoms with van der Waals surface area (Å²) in [5.41, 5.74) is 5.25. The van der Waals surface area contributed by atoms with Gasteiger partial charge in [0.1, 0.15) is 0 Å². The molecule has 3 N–H and O–H groups in total. The molecule has 3 heterocycles. The fourth-order valence-electron chi connectivity index (χ4n) is 4.33. The van der Waals surface area contributed by atoms with Crippen LogP contribution in [0.1, 0.15) is 19.4 Å². The number of H-pyrrole nitrogens is 1. The third-order valence-electron chi connectivity index (χ3n) is 6.44. The van der Waals surface area contributed by atoms with Crippen LogP contribution < -0.4 is 15.6 Å². The lowest BCUT2D eigenvalue weighted by molar-refractivity contribution is 0.254. The summed E-state index contributed by atoms with van der Waals surface area (Å²) in [6.07, 6.45) is 1.91. The number of aromatic nitrogens is 2. The molecule has 10 nitrogen and oxygen atoms in total. The molecule has 0 atom stereocenters. The average molecular weight is 522 g/mol. The van der Waals surface area contributed by atoms with Crippen LogP contribution in [-0.2, 0) is 16.4 Å². The Morgan fingerprint density at radius 1 is 1.05 bits per heavy atom. The summed E-state index contributed by atoms with van der Waals surface area (Å²) in [4.78, 5) is 22.4. The molecule has 37 heavy (non-hydrogen) atoms. The lowest BCUT2D eigenvalue weighted by Gasteiger charge is -2.28. The van der Waals surface area contributed by atoms with E-state index >= 15 is 0 Å². The third kappa shape index (κ3) is 6.17. The molecule has 3 aromatic rings. The highest BCUT2D eigenvalue weighted by atomic mass is 32.2. The number of urea groups is 1. The fraction of sp³-hybridized carbons (Fsp3) is 0.346. The van der Waals surface area contributed by atoms with Crippen LogP contribution >= 0.6 is 0 Å². The second-order valence-electron chi connectivity index (χ2n) is 9.68. The molecular weight excluding hydrogens is 490 g/mol. The number of carbonyl (C=O) groups is 1. The van der Waals surface area contributed by atoms with Gasteiger partial charge in [-0.1, -0.05) is 38.1 Å². The highest BCUT2D eigenvalue weighted by molar-refractivity contribution is 7.91. The molecule has 2 aliphatic heterocycles. The third-order valence-corrected chi connectivity index (χ3v) is 8.05. The van der Waals surface area contributed by atoms with E-state index < -0.39 is 9.84 Å². The predicted molar refractivity (Wildman–Crippen MR) is 146 cm³/mol. The van der Waals surface area contributed by atoms with Crippen molar-refractivity contribution in [2.45, 2.75) is 20.4 Å². The number of benzene rings is 2. The second kappa shape index (κ2) is 10.3. The first-order valence-electron chi connectivity index (χ1n) is 12.4. The lowest BCUT2D eigenvalue weighted by atomic mass is 10.1. The number of fused-ring (bicyclic) bond motifs is 1. The Morgan fingerprint density at radius 2 is 1.78 bits per heavy atom. The predicted octanol–water partition coefficient (Wildman–Crippen LogP) is 3.33. The van der Waals surface area contributed by atoms with Crippen molar-refractivity contribution in [1.82, 2.24) is 20.2 Å². The standard InChI is InChI=1S/C26H31N7O3S/c1-18(2)24-15-20(27-26(34)30-25-28-22-5-3-4-6-23(22)29-25)17-33(31-24)21-9-7-19(8-10-21)16-32-11-13-37(35,36)14-12-32/h3-10,15,18H,11-14,16-17H2,1-2H3,(H3,27,28,29,30,34). The minimum atomic E-state index is -2.89. The van der Waals surface area contributed by atoms with Crippen LogP contribution in [0.15, 0.2) is 65.4 Å². The number of nitrogens with zero attached hydrogens (tertiary/aromatic N) is 4. The molecule has 194 valence electrons. The number of rotatable bonds is 6. The molecule has 5 rings (SSSR count). The molecule has 1 fully saturated rings. The number of nitrogens with one attached hydrogen (secondary N) is 3. The number of para-hydroxylation sites is 2. The molecule has 0 aliphatic carbocycles. The summed E-state index contributed by atoms with van der Waals surface area (Å²) in [6.45, 7) is 6.38. The van der Waals surface area contributed by atoms with E-state index in [4.69, 9.17) is 5.10 Å². The van der Waals surface area contributed by atoms with Crippen LogP contribution in [-0.4, -0.2) is 66.2 Å². The van der Waals surface area contributed by atoms with Crippen LogP contribution in [0.4, 0.5) is 16.4 Å². The van der Waals surface area contributed by atoms with E-state index in [0.717, 1.165) is 33.7 Å². The Labute approximate surface area is 216 Å². The maximum absolute atomic E-state index is 12.7. The van der Waals surface area contributed by atoms with Crippen LogP contribution in [0.2, 0.25) is 0 Å². The first kappa shape index (κ1) is 25.0. The molecule has 2 aliphatic rings. The molecule has 11 heteroatoms. The maximum atomic E-state index is 12.7. The Kier molecular flexibility index (Phi) is 6.98. The number of hydrogen-bond acceptors (Lipinski definition) is 7. The van der Waals surface area contributed by atoms with E-state index in [0.29, 0.717) is 32.1 Å². The zero-order valence-electron chi connectivity index (χ0n) is 20.9. The summed E-state index contributed by atoms with van der Waals surface area (Å²) in [5, 5.41) is 12.4. The van der Waals surface area contributed by atoms with E-state index in [1.54, 1.807) is 0 Å². The van der Waals surface area contributed by atoms with Gasteiger partial charge in [-0.25, -0.2) is 18.2 Å². The molecule has 0 bridgehead atoms. The Morgan fingerprint density at radius 3 is 2.49 bits per heavy atom. The van der Waals surface area contributed by atoms with Gasteiger partial charge in [-0.05, 0) is 41.8 Å². The molecule has 0 unspecified atom stereocenters. The average Bonchev–Trinajstić information content (AvgIpc) is 3.27. The number of imidazole rings is 1. The summed E-state index contributed by atoms with van der Waals surface area (Å²) >= 11 is 0. The second-order valence-corrected chi connectivity index (χ2v) is 12.0. The van der Waals surface area contributed by atoms with Gasteiger partial charge in [0.15, 0.2) is 9.84 Å². The van der Waals surface area contributed by atoms with Crippen molar-refractivity contribution >= 4 is 44.2 Å². The van der Waals surface area contributed by atoms with E-state index in [1.807, 2.05) is 59.6 Å². The highest BCUT2D eigenvalue weighted by Gasteiger charge is 2.22. The van der Waals surface area contributed by atoms with Crippen molar-refractivity contribution in [3.05, 3.63) is 65.9 Å². The van der Waals surface area contributed by atoms with Crippen molar-refractivity contribution in [2.75, 3.05) is 41.5 Å². The molecule has 1 aromatic heterocycles. The van der Waals surface area contributed by atoms with Crippen molar-refractivity contribution in [3.63, 3.8) is 0 Å². The van der Waals surface area contributed by atoms with Gasteiger partial charge in [0.2, 0.25) is 5.95 Å². The van der Waals surface area contributed by atoms with Crippen LogP contribution in [0, 0.1) is 5.92 Å². The smallest absolute Gasteiger partial charge is 0.324 e. The first-order chi connectivity index (χ1) is 17.7. The largest absolute Gasteiger partial charge is 0.325 e. The van der Waals surface area contributed by atoms with Gasteiger partial charge >= 0.3 is 6.03 Å². The van der Waals surface area contributed by atoms with Crippen molar-refractivity contribution in [3.8, 4) is 0 Å². The van der Waals surface area contributed by atoms with Crippen LogP contribution in [0.3, 0.4) is 0 Å². The number of sulfone groups is 1. The topological polar surface area (TPSA) is 123 Å². The van der Waals surface area contributed by atoms with Gasteiger partial charge in [0, 0.05) is 25.3 Å². The minimum absolute atomic E-state index is 0.174. The highest BCUT2D eigenvalue weighted by Crippen LogP contribution is 2.22. The number of hydrogen-bond donors (Lipinski definition) is 3.